The monoisotopic (exact) mass is 405 g/mol. The molecule has 0 saturated carbocycles. The lowest BCUT2D eigenvalue weighted by atomic mass is 10.2. The van der Waals surface area contributed by atoms with E-state index in [0.29, 0.717) is 23.7 Å². The van der Waals surface area contributed by atoms with E-state index < -0.39 is 15.9 Å². The third-order valence-electron chi connectivity index (χ3n) is 3.68. The molecule has 0 aliphatic rings. The van der Waals surface area contributed by atoms with Crippen LogP contribution in [-0.4, -0.2) is 44.7 Å². The quantitative estimate of drug-likeness (QED) is 0.701. The first-order chi connectivity index (χ1) is 13.2. The number of carbonyl (C=O) groups is 2. The third kappa shape index (κ3) is 5.80. The second-order valence-corrected chi connectivity index (χ2v) is 8.02. The van der Waals surface area contributed by atoms with Crippen LogP contribution in [0.1, 0.15) is 13.8 Å². The van der Waals surface area contributed by atoms with Crippen LogP contribution in [0.5, 0.6) is 5.75 Å². The topological polar surface area (TPSA) is 105 Å². The van der Waals surface area contributed by atoms with E-state index in [1.54, 1.807) is 36.4 Å². The lowest BCUT2D eigenvalue weighted by Gasteiger charge is -2.17. The van der Waals surface area contributed by atoms with Crippen LogP contribution in [0.3, 0.4) is 0 Å². The van der Waals surface area contributed by atoms with Crippen LogP contribution in [0.2, 0.25) is 0 Å². The summed E-state index contributed by atoms with van der Waals surface area (Å²) in [4.78, 5) is 23.4. The van der Waals surface area contributed by atoms with E-state index in [4.69, 9.17) is 4.74 Å². The Balaban J connectivity index is 2.03. The Morgan fingerprint density at radius 2 is 1.64 bits per heavy atom. The Kier molecular flexibility index (Phi) is 7.13. The van der Waals surface area contributed by atoms with Crippen LogP contribution in [0.4, 0.5) is 11.4 Å². The summed E-state index contributed by atoms with van der Waals surface area (Å²) in [6.45, 7) is 3.34. The molecule has 2 aromatic carbocycles. The standard InChI is InChI=1S/C19H23N3O5S/c1-4-27-17-8-10-18(11-9-17)28(25,26)22(3)13-19(24)21-16-7-5-6-15(12-16)20-14(2)23/h5-12H,4,13H2,1-3H3,(H,20,23)(H,21,24). The van der Waals surface area contributed by atoms with E-state index in [1.165, 1.54) is 26.1 Å². The van der Waals surface area contributed by atoms with Crippen molar-refractivity contribution in [2.24, 2.45) is 0 Å². The van der Waals surface area contributed by atoms with E-state index in [9.17, 15) is 18.0 Å². The van der Waals surface area contributed by atoms with Crippen LogP contribution in [0, 0.1) is 0 Å². The van der Waals surface area contributed by atoms with Crippen molar-refractivity contribution < 1.29 is 22.7 Å². The zero-order valence-electron chi connectivity index (χ0n) is 15.9. The van der Waals surface area contributed by atoms with Gasteiger partial charge in [-0.25, -0.2) is 8.42 Å². The van der Waals surface area contributed by atoms with Crippen LogP contribution in [-0.2, 0) is 19.6 Å². The van der Waals surface area contributed by atoms with Gasteiger partial charge in [-0.15, -0.1) is 0 Å². The normalized spacial score (nSPS) is 11.1. The fraction of sp³-hybridized carbons (Fsp3) is 0.263. The number of likely N-dealkylation sites (N-methyl/N-ethyl adjacent to an activating group) is 1. The van der Waals surface area contributed by atoms with E-state index in [2.05, 4.69) is 10.6 Å². The van der Waals surface area contributed by atoms with Gasteiger partial charge in [-0.3, -0.25) is 9.59 Å². The molecule has 28 heavy (non-hydrogen) atoms. The van der Waals surface area contributed by atoms with Crippen LogP contribution < -0.4 is 15.4 Å². The molecule has 0 heterocycles. The predicted octanol–water partition coefficient (Wildman–Crippen LogP) is 2.30. The van der Waals surface area contributed by atoms with Gasteiger partial charge in [-0.05, 0) is 49.4 Å². The molecule has 8 nitrogen and oxygen atoms in total. The van der Waals surface area contributed by atoms with Gasteiger partial charge < -0.3 is 15.4 Å². The summed E-state index contributed by atoms with van der Waals surface area (Å²) < 4.78 is 31.5. The van der Waals surface area contributed by atoms with Crippen molar-refractivity contribution in [2.45, 2.75) is 18.7 Å². The summed E-state index contributed by atoms with van der Waals surface area (Å²) in [7, 11) is -2.49. The number of benzene rings is 2. The number of nitrogens with one attached hydrogen (secondary N) is 2. The summed E-state index contributed by atoms with van der Waals surface area (Å²) in [5, 5.41) is 5.23. The number of rotatable bonds is 8. The Hall–Kier alpha value is -2.91. The first-order valence-electron chi connectivity index (χ1n) is 8.59. The van der Waals surface area contributed by atoms with Crippen LogP contribution in [0.15, 0.2) is 53.4 Å². The van der Waals surface area contributed by atoms with Gasteiger partial charge >= 0.3 is 0 Å². The van der Waals surface area contributed by atoms with Gasteiger partial charge in [0.1, 0.15) is 5.75 Å². The largest absolute Gasteiger partial charge is 0.494 e. The van der Waals surface area contributed by atoms with Gasteiger partial charge in [-0.2, -0.15) is 4.31 Å². The summed E-state index contributed by atoms with van der Waals surface area (Å²) in [6.07, 6.45) is 0. The molecular weight excluding hydrogens is 382 g/mol. The number of nitrogens with zero attached hydrogens (tertiary/aromatic N) is 1. The Bertz CT molecular complexity index is 942. The minimum absolute atomic E-state index is 0.0684. The smallest absolute Gasteiger partial charge is 0.243 e. The number of ether oxygens (including phenoxy) is 1. The van der Waals surface area contributed by atoms with Gasteiger partial charge in [0.25, 0.3) is 0 Å². The summed E-state index contributed by atoms with van der Waals surface area (Å²) in [5.74, 6) is -0.164. The van der Waals surface area contributed by atoms with Gasteiger partial charge in [0.15, 0.2) is 0 Å². The Labute approximate surface area is 164 Å². The van der Waals surface area contributed by atoms with Gasteiger partial charge in [-0.1, -0.05) is 6.07 Å². The fourth-order valence-corrected chi connectivity index (χ4v) is 3.55. The van der Waals surface area contributed by atoms with Crippen molar-refractivity contribution in [3.8, 4) is 5.75 Å². The van der Waals surface area contributed by atoms with E-state index in [1.807, 2.05) is 6.92 Å². The first-order valence-corrected chi connectivity index (χ1v) is 10.0. The summed E-state index contributed by atoms with van der Waals surface area (Å²) >= 11 is 0. The summed E-state index contributed by atoms with van der Waals surface area (Å²) in [6, 6.07) is 12.6. The van der Waals surface area contributed by atoms with Gasteiger partial charge in [0, 0.05) is 25.3 Å². The van der Waals surface area contributed by atoms with Crippen molar-refractivity contribution in [3.63, 3.8) is 0 Å². The number of hydrogen-bond acceptors (Lipinski definition) is 5. The number of carbonyl (C=O) groups excluding carboxylic acids is 2. The number of amides is 2. The predicted molar refractivity (Wildman–Crippen MR) is 107 cm³/mol. The lowest BCUT2D eigenvalue weighted by Crippen LogP contribution is -2.34. The molecule has 0 fully saturated rings. The molecule has 0 aliphatic carbocycles. The zero-order valence-corrected chi connectivity index (χ0v) is 16.7. The molecule has 0 radical (unpaired) electrons. The molecule has 150 valence electrons. The third-order valence-corrected chi connectivity index (χ3v) is 5.49. The van der Waals surface area contributed by atoms with E-state index >= 15 is 0 Å². The maximum atomic E-state index is 12.6. The molecule has 0 atom stereocenters. The second kappa shape index (κ2) is 9.34. The molecule has 2 amide bonds. The Morgan fingerprint density at radius 3 is 2.21 bits per heavy atom. The molecule has 2 rings (SSSR count). The van der Waals surface area contributed by atoms with Gasteiger partial charge in [0.2, 0.25) is 21.8 Å². The van der Waals surface area contributed by atoms with Crippen LogP contribution >= 0.6 is 0 Å². The molecule has 0 spiro atoms. The minimum atomic E-state index is -3.82. The van der Waals surface area contributed by atoms with E-state index in [0.717, 1.165) is 4.31 Å². The Morgan fingerprint density at radius 1 is 1.04 bits per heavy atom. The highest BCUT2D eigenvalue weighted by atomic mass is 32.2. The maximum absolute atomic E-state index is 12.6. The van der Waals surface area contributed by atoms with Crippen molar-refractivity contribution in [2.75, 3.05) is 30.8 Å². The highest BCUT2D eigenvalue weighted by Gasteiger charge is 2.23. The number of anilines is 2. The first kappa shape index (κ1) is 21.4. The molecular formula is C19H23N3O5S. The number of sulfonamides is 1. The van der Waals surface area contributed by atoms with Crippen molar-refractivity contribution in [1.29, 1.82) is 0 Å². The van der Waals surface area contributed by atoms with Crippen molar-refractivity contribution in [3.05, 3.63) is 48.5 Å². The molecule has 9 heteroatoms. The number of hydrogen-bond donors (Lipinski definition) is 2. The lowest BCUT2D eigenvalue weighted by molar-refractivity contribution is -0.116. The highest BCUT2D eigenvalue weighted by molar-refractivity contribution is 7.89. The van der Waals surface area contributed by atoms with Crippen molar-refractivity contribution >= 4 is 33.2 Å². The average Bonchev–Trinajstić information content (AvgIpc) is 2.62. The molecule has 0 aromatic heterocycles. The maximum Gasteiger partial charge on any atom is 0.243 e. The van der Waals surface area contributed by atoms with Gasteiger partial charge in [0.05, 0.1) is 18.0 Å². The minimum Gasteiger partial charge on any atom is -0.494 e. The zero-order chi connectivity index (χ0) is 20.7. The summed E-state index contributed by atoms with van der Waals surface area (Å²) in [5.41, 5.74) is 0.976. The molecule has 0 unspecified atom stereocenters. The SMILES string of the molecule is CCOc1ccc(S(=O)(=O)N(C)CC(=O)Nc2cccc(NC(C)=O)c2)cc1. The molecule has 2 N–H and O–H groups in total. The van der Waals surface area contributed by atoms with Crippen molar-refractivity contribution in [1.82, 2.24) is 4.31 Å². The van der Waals surface area contributed by atoms with E-state index in [-0.39, 0.29) is 17.3 Å². The molecule has 0 aliphatic heterocycles. The molecule has 2 aromatic rings. The molecule has 0 saturated heterocycles. The second-order valence-electron chi connectivity index (χ2n) is 5.98. The highest BCUT2D eigenvalue weighted by Crippen LogP contribution is 2.19. The molecule has 0 bridgehead atoms. The average molecular weight is 405 g/mol. The van der Waals surface area contributed by atoms with Crippen LogP contribution in [0.25, 0.3) is 0 Å². The fourth-order valence-electron chi connectivity index (χ4n) is 2.42.